The predicted octanol–water partition coefficient (Wildman–Crippen LogP) is 0.524. The van der Waals surface area contributed by atoms with Crippen LogP contribution in [0.25, 0.3) is 0 Å². The number of ketones is 1. The fraction of sp³-hybridized carbons (Fsp3) is 0.500. The molecule has 0 atom stereocenters. The summed E-state index contributed by atoms with van der Waals surface area (Å²) in [5, 5.41) is 1.04. The molecule has 0 N–H and O–H groups in total. The van der Waals surface area contributed by atoms with E-state index < -0.39 is 15.6 Å². The van der Waals surface area contributed by atoms with Crippen LogP contribution in [0.1, 0.15) is 13.8 Å². The van der Waals surface area contributed by atoms with Gasteiger partial charge in [0.2, 0.25) is 0 Å². The third-order valence-electron chi connectivity index (χ3n) is 0.748. The minimum atomic E-state index is -3.26. The first kappa shape index (κ1) is 9.36. The highest BCUT2D eigenvalue weighted by molar-refractivity contribution is 7.94. The summed E-state index contributed by atoms with van der Waals surface area (Å²) in [5.41, 5.74) is 0. The summed E-state index contributed by atoms with van der Waals surface area (Å²) in [7, 11) is -3.26. The molecule has 0 aromatic rings. The lowest BCUT2D eigenvalue weighted by molar-refractivity contribution is -0.114. The van der Waals surface area contributed by atoms with Gasteiger partial charge in [0.15, 0.2) is 9.84 Å². The average molecular weight is 162 g/mol. The number of carbonyl (C=O) groups is 1. The SMILES string of the molecule is CC=CS(=O)(=O)CC(C)=O. The van der Waals surface area contributed by atoms with Gasteiger partial charge in [0, 0.05) is 5.41 Å². The van der Waals surface area contributed by atoms with Gasteiger partial charge in [0.25, 0.3) is 0 Å². The second-order valence-electron chi connectivity index (χ2n) is 1.98. The second kappa shape index (κ2) is 3.51. The fourth-order valence-corrected chi connectivity index (χ4v) is 1.62. The van der Waals surface area contributed by atoms with Crippen LogP contribution in [-0.4, -0.2) is 20.0 Å². The number of Topliss-reactive ketones (excluding diaryl/α,β-unsaturated/α-hetero) is 1. The molecule has 0 heterocycles. The molecule has 4 heteroatoms. The van der Waals surface area contributed by atoms with E-state index >= 15 is 0 Å². The van der Waals surface area contributed by atoms with Crippen LogP contribution in [0, 0.1) is 0 Å². The topological polar surface area (TPSA) is 51.2 Å². The van der Waals surface area contributed by atoms with Crippen molar-refractivity contribution in [3.63, 3.8) is 0 Å². The number of allylic oxidation sites excluding steroid dienone is 1. The van der Waals surface area contributed by atoms with Gasteiger partial charge in [0.05, 0.1) is 0 Å². The van der Waals surface area contributed by atoms with E-state index in [1.807, 2.05) is 0 Å². The Morgan fingerprint density at radius 2 is 2.00 bits per heavy atom. The van der Waals surface area contributed by atoms with E-state index in [-0.39, 0.29) is 5.78 Å². The van der Waals surface area contributed by atoms with E-state index in [4.69, 9.17) is 0 Å². The van der Waals surface area contributed by atoms with Gasteiger partial charge in [-0.2, -0.15) is 0 Å². The Hall–Kier alpha value is -0.640. The van der Waals surface area contributed by atoms with Crippen LogP contribution in [0.5, 0.6) is 0 Å². The number of hydrogen-bond acceptors (Lipinski definition) is 3. The molecule has 0 amide bonds. The molecule has 0 saturated heterocycles. The molecule has 3 nitrogen and oxygen atoms in total. The highest BCUT2D eigenvalue weighted by atomic mass is 32.2. The summed E-state index contributed by atoms with van der Waals surface area (Å²) in [4.78, 5) is 10.3. The van der Waals surface area contributed by atoms with Crippen LogP contribution < -0.4 is 0 Å². The maximum absolute atomic E-state index is 10.7. The van der Waals surface area contributed by atoms with Crippen LogP contribution in [0.2, 0.25) is 0 Å². The van der Waals surface area contributed by atoms with E-state index in [2.05, 4.69) is 0 Å². The van der Waals surface area contributed by atoms with Crippen LogP contribution in [0.4, 0.5) is 0 Å². The van der Waals surface area contributed by atoms with Gasteiger partial charge in [-0.15, -0.1) is 0 Å². The number of carbonyl (C=O) groups excluding carboxylic acids is 1. The summed E-state index contributed by atoms with van der Waals surface area (Å²) in [6.45, 7) is 2.85. The van der Waals surface area contributed by atoms with Crippen LogP contribution in [-0.2, 0) is 14.6 Å². The normalized spacial score (nSPS) is 12.2. The van der Waals surface area contributed by atoms with Gasteiger partial charge in [0.1, 0.15) is 11.5 Å². The van der Waals surface area contributed by atoms with Crippen LogP contribution in [0.15, 0.2) is 11.5 Å². The molecule has 0 radical (unpaired) electrons. The minimum Gasteiger partial charge on any atom is -0.299 e. The minimum absolute atomic E-state index is 0.335. The molecule has 0 aliphatic carbocycles. The summed E-state index contributed by atoms with van der Waals surface area (Å²) in [6, 6.07) is 0. The first-order chi connectivity index (χ1) is 4.48. The second-order valence-corrected chi connectivity index (χ2v) is 3.87. The summed E-state index contributed by atoms with van der Waals surface area (Å²) >= 11 is 0. The van der Waals surface area contributed by atoms with Crippen molar-refractivity contribution in [2.75, 3.05) is 5.75 Å². The molecule has 0 aliphatic heterocycles. The lowest BCUT2D eigenvalue weighted by Crippen LogP contribution is -2.09. The Labute approximate surface area is 60.7 Å². The molecule has 0 fully saturated rings. The Bertz CT molecular complexity index is 236. The Kier molecular flexibility index (Phi) is 3.28. The largest absolute Gasteiger partial charge is 0.299 e. The van der Waals surface area contributed by atoms with Crippen molar-refractivity contribution in [1.82, 2.24) is 0 Å². The molecule has 0 unspecified atom stereocenters. The van der Waals surface area contributed by atoms with Crippen molar-refractivity contribution >= 4 is 15.6 Å². The third-order valence-corrected chi connectivity index (χ3v) is 2.24. The average Bonchev–Trinajstić information content (AvgIpc) is 1.59. The van der Waals surface area contributed by atoms with Gasteiger partial charge < -0.3 is 0 Å². The zero-order valence-electron chi connectivity index (χ0n) is 5.99. The summed E-state index contributed by atoms with van der Waals surface area (Å²) in [5.74, 6) is -0.727. The van der Waals surface area contributed by atoms with Crippen molar-refractivity contribution in [3.8, 4) is 0 Å². The first-order valence-corrected chi connectivity index (χ1v) is 4.54. The molecule has 0 saturated carbocycles. The number of rotatable bonds is 3. The van der Waals surface area contributed by atoms with E-state index in [1.54, 1.807) is 6.92 Å². The highest BCUT2D eigenvalue weighted by Crippen LogP contribution is 1.92. The molecule has 10 heavy (non-hydrogen) atoms. The fourth-order valence-electron chi connectivity index (χ4n) is 0.539. The van der Waals surface area contributed by atoms with Crippen molar-refractivity contribution in [3.05, 3.63) is 11.5 Å². The van der Waals surface area contributed by atoms with Gasteiger partial charge in [-0.25, -0.2) is 8.42 Å². The zero-order valence-corrected chi connectivity index (χ0v) is 6.81. The Morgan fingerprint density at radius 3 is 2.30 bits per heavy atom. The standard InChI is InChI=1S/C6H10O3S/c1-3-4-10(8,9)5-6(2)7/h3-4H,5H2,1-2H3. The summed E-state index contributed by atoms with van der Waals surface area (Å²) in [6.07, 6.45) is 1.40. The maximum Gasteiger partial charge on any atom is 0.178 e. The zero-order chi connectivity index (χ0) is 8.20. The van der Waals surface area contributed by atoms with Crippen LogP contribution >= 0.6 is 0 Å². The summed E-state index contributed by atoms with van der Waals surface area (Å²) < 4.78 is 21.5. The van der Waals surface area contributed by atoms with Gasteiger partial charge in [-0.1, -0.05) is 6.08 Å². The van der Waals surface area contributed by atoms with E-state index in [0.29, 0.717) is 0 Å². The van der Waals surface area contributed by atoms with Gasteiger partial charge in [-0.05, 0) is 13.8 Å². The Morgan fingerprint density at radius 1 is 1.50 bits per heavy atom. The highest BCUT2D eigenvalue weighted by Gasteiger charge is 2.07. The van der Waals surface area contributed by atoms with E-state index in [0.717, 1.165) is 5.41 Å². The molecule has 0 aliphatic rings. The van der Waals surface area contributed by atoms with Crippen molar-refractivity contribution in [2.24, 2.45) is 0 Å². The lowest BCUT2D eigenvalue weighted by atomic mass is 10.5. The molecule has 0 aromatic heterocycles. The maximum atomic E-state index is 10.7. The van der Waals surface area contributed by atoms with Crippen molar-refractivity contribution in [2.45, 2.75) is 13.8 Å². The van der Waals surface area contributed by atoms with Gasteiger partial charge in [-0.3, -0.25) is 4.79 Å². The third kappa shape index (κ3) is 4.26. The molecular formula is C6H10O3S. The molecular weight excluding hydrogens is 152 g/mol. The van der Waals surface area contributed by atoms with Crippen molar-refractivity contribution in [1.29, 1.82) is 0 Å². The first-order valence-electron chi connectivity index (χ1n) is 2.83. The lowest BCUT2D eigenvalue weighted by Gasteiger charge is -1.90. The van der Waals surface area contributed by atoms with Gasteiger partial charge >= 0.3 is 0 Å². The molecule has 0 bridgehead atoms. The number of hydrogen-bond donors (Lipinski definition) is 0. The van der Waals surface area contributed by atoms with Crippen molar-refractivity contribution < 1.29 is 13.2 Å². The molecule has 0 rings (SSSR count). The smallest absolute Gasteiger partial charge is 0.178 e. The quantitative estimate of drug-likeness (QED) is 0.608. The number of sulfone groups is 1. The van der Waals surface area contributed by atoms with E-state index in [9.17, 15) is 13.2 Å². The molecule has 0 spiro atoms. The molecule has 0 aromatic carbocycles. The van der Waals surface area contributed by atoms with Crippen LogP contribution in [0.3, 0.4) is 0 Å². The van der Waals surface area contributed by atoms with E-state index in [1.165, 1.54) is 13.0 Å². The molecule has 58 valence electrons. The monoisotopic (exact) mass is 162 g/mol. The Balaban J connectivity index is 4.30. The predicted molar refractivity (Wildman–Crippen MR) is 39.3 cm³/mol.